The molecule has 88 valence electrons. The van der Waals surface area contributed by atoms with E-state index in [2.05, 4.69) is 5.32 Å². The molecule has 0 bridgehead atoms. The third-order valence-electron chi connectivity index (χ3n) is 2.59. The van der Waals surface area contributed by atoms with Gasteiger partial charge in [-0.15, -0.1) is 11.8 Å². The second kappa shape index (κ2) is 5.12. The van der Waals surface area contributed by atoms with E-state index >= 15 is 0 Å². The highest BCUT2D eigenvalue weighted by molar-refractivity contribution is 7.99. The second-order valence-electron chi connectivity index (χ2n) is 3.67. The van der Waals surface area contributed by atoms with Gasteiger partial charge in [-0.05, 0) is 29.9 Å². The zero-order valence-electron chi connectivity index (χ0n) is 8.67. The minimum absolute atomic E-state index is 0.0125. The average Bonchev–Trinajstić information content (AvgIpc) is 2.28. The van der Waals surface area contributed by atoms with Gasteiger partial charge < -0.3 is 10.4 Å². The molecule has 5 heteroatoms. The van der Waals surface area contributed by atoms with Gasteiger partial charge in [-0.25, -0.2) is 8.78 Å². The molecule has 0 saturated carbocycles. The van der Waals surface area contributed by atoms with E-state index in [0.717, 1.165) is 22.6 Å². The summed E-state index contributed by atoms with van der Waals surface area (Å²) in [6.07, 6.45) is 0.864. The van der Waals surface area contributed by atoms with Crippen molar-refractivity contribution < 1.29 is 13.9 Å². The largest absolute Gasteiger partial charge is 0.395 e. The van der Waals surface area contributed by atoms with Crippen LogP contribution in [0.2, 0.25) is 0 Å². The summed E-state index contributed by atoms with van der Waals surface area (Å²) in [6, 6.07) is 2.52. The SMILES string of the molecule is OCCNC1CCSc2cc(F)c(F)cc21. The van der Waals surface area contributed by atoms with Gasteiger partial charge in [0.1, 0.15) is 0 Å². The van der Waals surface area contributed by atoms with Gasteiger partial charge in [0, 0.05) is 17.5 Å². The third-order valence-corrected chi connectivity index (χ3v) is 3.70. The molecule has 1 aliphatic rings. The van der Waals surface area contributed by atoms with E-state index in [0.29, 0.717) is 6.54 Å². The van der Waals surface area contributed by atoms with Crippen LogP contribution < -0.4 is 5.32 Å². The fourth-order valence-corrected chi connectivity index (χ4v) is 2.96. The molecule has 1 atom stereocenters. The summed E-state index contributed by atoms with van der Waals surface area (Å²) < 4.78 is 26.2. The van der Waals surface area contributed by atoms with E-state index in [1.54, 1.807) is 0 Å². The maximum absolute atomic E-state index is 13.1. The number of aliphatic hydroxyl groups excluding tert-OH is 1. The third kappa shape index (κ3) is 2.36. The number of nitrogens with one attached hydrogen (secondary N) is 1. The van der Waals surface area contributed by atoms with Crippen molar-refractivity contribution in [2.75, 3.05) is 18.9 Å². The topological polar surface area (TPSA) is 32.3 Å². The number of halogens is 2. The molecule has 1 aromatic carbocycles. The summed E-state index contributed by atoms with van der Waals surface area (Å²) >= 11 is 1.54. The molecule has 2 rings (SSSR count). The first-order valence-electron chi connectivity index (χ1n) is 5.18. The molecule has 1 heterocycles. The Balaban J connectivity index is 2.27. The van der Waals surface area contributed by atoms with Gasteiger partial charge in [-0.3, -0.25) is 0 Å². The molecule has 2 nitrogen and oxygen atoms in total. The van der Waals surface area contributed by atoms with Crippen molar-refractivity contribution in [2.24, 2.45) is 0 Å². The van der Waals surface area contributed by atoms with E-state index < -0.39 is 11.6 Å². The molecular formula is C11H13F2NOS. The summed E-state index contributed by atoms with van der Waals surface area (Å²) in [5.74, 6) is -0.729. The quantitative estimate of drug-likeness (QED) is 0.855. The Morgan fingerprint density at radius 2 is 2.12 bits per heavy atom. The first-order chi connectivity index (χ1) is 7.72. The van der Waals surface area contributed by atoms with Crippen molar-refractivity contribution >= 4 is 11.8 Å². The van der Waals surface area contributed by atoms with Crippen LogP contribution in [0.15, 0.2) is 17.0 Å². The summed E-state index contributed by atoms with van der Waals surface area (Å²) in [5, 5.41) is 11.9. The average molecular weight is 245 g/mol. The molecule has 1 unspecified atom stereocenters. The molecule has 0 amide bonds. The summed E-state index contributed by atoms with van der Waals surface area (Å²) in [5.41, 5.74) is 0.795. The summed E-state index contributed by atoms with van der Waals surface area (Å²) in [6.45, 7) is 0.510. The molecule has 1 aromatic rings. The Hall–Kier alpha value is -0.650. The number of hydrogen-bond acceptors (Lipinski definition) is 3. The highest BCUT2D eigenvalue weighted by Crippen LogP contribution is 2.37. The molecule has 0 aliphatic carbocycles. The van der Waals surface area contributed by atoms with Gasteiger partial charge in [0.2, 0.25) is 0 Å². The first-order valence-corrected chi connectivity index (χ1v) is 6.17. The lowest BCUT2D eigenvalue weighted by Gasteiger charge is -2.26. The maximum Gasteiger partial charge on any atom is 0.159 e. The van der Waals surface area contributed by atoms with E-state index in [-0.39, 0.29) is 12.6 Å². The van der Waals surface area contributed by atoms with Crippen LogP contribution in [0.4, 0.5) is 8.78 Å². The molecule has 2 N–H and O–H groups in total. The van der Waals surface area contributed by atoms with Crippen molar-refractivity contribution in [3.8, 4) is 0 Å². The summed E-state index contributed by atoms with van der Waals surface area (Å²) in [4.78, 5) is 0.792. The van der Waals surface area contributed by atoms with Crippen molar-refractivity contribution in [1.29, 1.82) is 0 Å². The highest BCUT2D eigenvalue weighted by Gasteiger charge is 2.22. The van der Waals surface area contributed by atoms with Crippen LogP contribution in [0, 0.1) is 11.6 Å². The lowest BCUT2D eigenvalue weighted by Crippen LogP contribution is -2.27. The molecule has 0 fully saturated rings. The molecular weight excluding hydrogens is 232 g/mol. The number of rotatable bonds is 3. The molecule has 0 radical (unpaired) electrons. The Morgan fingerprint density at radius 3 is 2.88 bits per heavy atom. The molecule has 1 aliphatic heterocycles. The fraction of sp³-hybridized carbons (Fsp3) is 0.455. The predicted molar refractivity (Wildman–Crippen MR) is 59.5 cm³/mol. The zero-order chi connectivity index (χ0) is 11.5. The van der Waals surface area contributed by atoms with E-state index in [1.165, 1.54) is 23.9 Å². The first kappa shape index (κ1) is 11.8. The monoisotopic (exact) mass is 245 g/mol. The fourth-order valence-electron chi connectivity index (χ4n) is 1.83. The minimum atomic E-state index is -0.808. The van der Waals surface area contributed by atoms with Gasteiger partial charge in [0.25, 0.3) is 0 Å². The van der Waals surface area contributed by atoms with Crippen LogP contribution in [-0.4, -0.2) is 24.0 Å². The molecule has 0 saturated heterocycles. The van der Waals surface area contributed by atoms with Crippen LogP contribution in [-0.2, 0) is 0 Å². The van der Waals surface area contributed by atoms with Crippen molar-refractivity contribution in [2.45, 2.75) is 17.4 Å². The second-order valence-corrected chi connectivity index (χ2v) is 4.81. The number of hydrogen-bond donors (Lipinski definition) is 2. The van der Waals surface area contributed by atoms with Gasteiger partial charge in [0.05, 0.1) is 6.61 Å². The van der Waals surface area contributed by atoms with Crippen LogP contribution in [0.5, 0.6) is 0 Å². The zero-order valence-corrected chi connectivity index (χ0v) is 9.49. The molecule has 0 aromatic heterocycles. The van der Waals surface area contributed by atoms with E-state index in [9.17, 15) is 8.78 Å². The van der Waals surface area contributed by atoms with E-state index in [1.807, 2.05) is 0 Å². The van der Waals surface area contributed by atoms with E-state index in [4.69, 9.17) is 5.11 Å². The van der Waals surface area contributed by atoms with Crippen molar-refractivity contribution in [1.82, 2.24) is 5.32 Å². The Bertz CT molecular complexity index is 386. The highest BCUT2D eigenvalue weighted by atomic mass is 32.2. The Kier molecular flexibility index (Phi) is 3.78. The van der Waals surface area contributed by atoms with Crippen LogP contribution >= 0.6 is 11.8 Å². The standard InChI is InChI=1S/C11H13F2NOS/c12-8-5-7-10(14-2-3-15)1-4-16-11(7)6-9(8)13/h5-6,10,14-15H,1-4H2. The van der Waals surface area contributed by atoms with Gasteiger partial charge in [0.15, 0.2) is 11.6 Å². The van der Waals surface area contributed by atoms with Crippen molar-refractivity contribution in [3.05, 3.63) is 29.3 Å². The van der Waals surface area contributed by atoms with Crippen LogP contribution in [0.25, 0.3) is 0 Å². The number of thioether (sulfide) groups is 1. The number of fused-ring (bicyclic) bond motifs is 1. The number of aliphatic hydroxyl groups is 1. The van der Waals surface area contributed by atoms with Crippen molar-refractivity contribution in [3.63, 3.8) is 0 Å². The molecule has 16 heavy (non-hydrogen) atoms. The van der Waals surface area contributed by atoms with Crippen LogP contribution in [0.1, 0.15) is 18.0 Å². The minimum Gasteiger partial charge on any atom is -0.395 e. The van der Waals surface area contributed by atoms with Gasteiger partial charge >= 0.3 is 0 Å². The molecule has 0 spiro atoms. The van der Waals surface area contributed by atoms with Gasteiger partial charge in [-0.2, -0.15) is 0 Å². The Morgan fingerprint density at radius 1 is 1.38 bits per heavy atom. The smallest absolute Gasteiger partial charge is 0.159 e. The lowest BCUT2D eigenvalue weighted by atomic mass is 10.0. The predicted octanol–water partition coefficient (Wildman–Crippen LogP) is 2.08. The normalized spacial score (nSPS) is 19.6. The number of benzene rings is 1. The van der Waals surface area contributed by atoms with Crippen LogP contribution in [0.3, 0.4) is 0 Å². The maximum atomic E-state index is 13.1. The Labute approximate surface area is 97.0 Å². The van der Waals surface area contributed by atoms with Gasteiger partial charge in [-0.1, -0.05) is 0 Å². The summed E-state index contributed by atoms with van der Waals surface area (Å²) in [7, 11) is 0. The lowest BCUT2D eigenvalue weighted by molar-refractivity contribution is 0.283.